The van der Waals surface area contributed by atoms with Crippen LogP contribution in [-0.2, 0) is 23.2 Å². The van der Waals surface area contributed by atoms with Gasteiger partial charge < -0.3 is 4.90 Å². The Kier molecular flexibility index (Phi) is 6.26. The Morgan fingerprint density at radius 2 is 1.83 bits per heavy atom. The highest BCUT2D eigenvalue weighted by Gasteiger charge is 2.23. The van der Waals surface area contributed by atoms with Gasteiger partial charge in [0, 0.05) is 66.9 Å². The molecule has 1 fully saturated rings. The average molecular weight is 442 g/mol. The number of amides is 1. The molecule has 0 N–H and O–H groups in total. The van der Waals surface area contributed by atoms with Crippen LogP contribution in [0.15, 0.2) is 35.3 Å². The summed E-state index contributed by atoms with van der Waals surface area (Å²) in [6, 6.07) is 3.89. The summed E-state index contributed by atoms with van der Waals surface area (Å²) in [5.41, 5.74) is 3.06. The number of carbonyl (C=O) groups is 1. The summed E-state index contributed by atoms with van der Waals surface area (Å²) >= 11 is 3.30. The van der Waals surface area contributed by atoms with Crippen LogP contribution in [0, 0.1) is 0 Å². The predicted molar refractivity (Wildman–Crippen MR) is 122 cm³/mol. The van der Waals surface area contributed by atoms with E-state index >= 15 is 0 Å². The molecule has 0 atom stereocenters. The van der Waals surface area contributed by atoms with Gasteiger partial charge >= 0.3 is 0 Å². The summed E-state index contributed by atoms with van der Waals surface area (Å²) in [6.45, 7) is 10.7. The third-order valence-corrected chi connectivity index (χ3v) is 7.35. The molecule has 0 aliphatic carbocycles. The van der Waals surface area contributed by atoms with Gasteiger partial charge in [-0.2, -0.15) is 0 Å². The molecule has 4 heterocycles. The Balaban J connectivity index is 1.27. The molecule has 8 heteroatoms. The van der Waals surface area contributed by atoms with Crippen LogP contribution in [0.1, 0.15) is 37.2 Å². The fourth-order valence-corrected chi connectivity index (χ4v) is 5.09. The summed E-state index contributed by atoms with van der Waals surface area (Å²) in [5.74, 6) is 0.154. The SMILES string of the molecule is CC(C)(C)c1nc(CN2CCN(C(=O)Cc3csc(-c4cccnc4)n3)CC2)cs1. The smallest absolute Gasteiger partial charge is 0.228 e. The number of rotatable bonds is 5. The van der Waals surface area contributed by atoms with E-state index in [4.69, 9.17) is 4.98 Å². The van der Waals surface area contributed by atoms with Crippen molar-refractivity contribution < 1.29 is 4.79 Å². The van der Waals surface area contributed by atoms with Crippen molar-refractivity contribution in [3.63, 3.8) is 0 Å². The van der Waals surface area contributed by atoms with Crippen LogP contribution in [0.25, 0.3) is 10.6 Å². The molecule has 3 aromatic rings. The summed E-state index contributed by atoms with van der Waals surface area (Å²) < 4.78 is 0. The molecular formula is C22H27N5OS2. The average Bonchev–Trinajstić information content (AvgIpc) is 3.39. The molecule has 1 saturated heterocycles. The largest absolute Gasteiger partial charge is 0.340 e. The maximum absolute atomic E-state index is 12.7. The summed E-state index contributed by atoms with van der Waals surface area (Å²) in [6.07, 6.45) is 3.91. The summed E-state index contributed by atoms with van der Waals surface area (Å²) in [4.78, 5) is 30.6. The Hall–Kier alpha value is -2.16. The minimum absolute atomic E-state index is 0.0978. The lowest BCUT2D eigenvalue weighted by atomic mass is 9.98. The van der Waals surface area contributed by atoms with Crippen molar-refractivity contribution in [3.05, 3.63) is 51.7 Å². The topological polar surface area (TPSA) is 62.2 Å². The maximum Gasteiger partial charge on any atom is 0.228 e. The molecule has 6 nitrogen and oxygen atoms in total. The lowest BCUT2D eigenvalue weighted by Crippen LogP contribution is -2.48. The highest BCUT2D eigenvalue weighted by Crippen LogP contribution is 2.26. The van der Waals surface area contributed by atoms with Crippen molar-refractivity contribution in [2.75, 3.05) is 26.2 Å². The van der Waals surface area contributed by atoms with Gasteiger partial charge in [0.15, 0.2) is 0 Å². The van der Waals surface area contributed by atoms with Gasteiger partial charge in [0.25, 0.3) is 0 Å². The molecule has 30 heavy (non-hydrogen) atoms. The number of aromatic nitrogens is 3. The molecule has 0 bridgehead atoms. The Bertz CT molecular complexity index is 984. The summed E-state index contributed by atoms with van der Waals surface area (Å²) in [5, 5.41) is 6.24. The first-order valence-electron chi connectivity index (χ1n) is 10.2. The van der Waals surface area contributed by atoms with E-state index in [9.17, 15) is 4.79 Å². The van der Waals surface area contributed by atoms with Crippen LogP contribution in [0.4, 0.5) is 0 Å². The standard InChI is InChI=1S/C22H27N5OS2/c1-22(2,3)21-25-18(15-30-21)13-26-7-9-27(10-8-26)19(28)11-17-14-29-20(24-17)16-5-4-6-23-12-16/h4-6,12,14-15H,7-11,13H2,1-3H3. The fourth-order valence-electron chi connectivity index (χ4n) is 3.39. The van der Waals surface area contributed by atoms with Crippen molar-refractivity contribution in [3.8, 4) is 10.6 Å². The molecule has 158 valence electrons. The molecule has 1 amide bonds. The molecular weight excluding hydrogens is 414 g/mol. The molecule has 4 rings (SSSR count). The van der Waals surface area contributed by atoms with Crippen molar-refractivity contribution in [1.82, 2.24) is 24.8 Å². The Morgan fingerprint density at radius 1 is 1.07 bits per heavy atom. The van der Waals surface area contributed by atoms with Gasteiger partial charge in [-0.25, -0.2) is 9.97 Å². The first-order valence-corrected chi connectivity index (χ1v) is 11.9. The number of carbonyl (C=O) groups excluding carboxylic acids is 1. The van der Waals surface area contributed by atoms with Crippen molar-refractivity contribution >= 4 is 28.6 Å². The highest BCUT2D eigenvalue weighted by molar-refractivity contribution is 7.13. The van der Waals surface area contributed by atoms with Gasteiger partial charge in [-0.15, -0.1) is 22.7 Å². The number of hydrogen-bond donors (Lipinski definition) is 0. The van der Waals surface area contributed by atoms with Gasteiger partial charge in [-0.3, -0.25) is 14.7 Å². The van der Waals surface area contributed by atoms with Gasteiger partial charge in [-0.1, -0.05) is 20.8 Å². The van der Waals surface area contributed by atoms with E-state index in [1.165, 1.54) is 5.01 Å². The van der Waals surface area contributed by atoms with Crippen molar-refractivity contribution in [2.24, 2.45) is 0 Å². The second-order valence-corrected chi connectivity index (χ2v) is 10.3. The van der Waals surface area contributed by atoms with Gasteiger partial charge in [0.1, 0.15) is 5.01 Å². The van der Waals surface area contributed by atoms with E-state index in [0.717, 1.165) is 54.7 Å². The lowest BCUT2D eigenvalue weighted by molar-refractivity contribution is -0.132. The molecule has 0 spiro atoms. The van der Waals surface area contributed by atoms with Crippen LogP contribution in [0.3, 0.4) is 0 Å². The van der Waals surface area contributed by atoms with Gasteiger partial charge in [0.05, 0.1) is 22.8 Å². The Labute approximate surface area is 185 Å². The minimum atomic E-state index is 0.0978. The molecule has 0 radical (unpaired) electrons. The number of piperazine rings is 1. The van der Waals surface area contributed by atoms with Crippen LogP contribution in [0.5, 0.6) is 0 Å². The monoisotopic (exact) mass is 441 g/mol. The second kappa shape index (κ2) is 8.91. The first kappa shape index (κ1) is 21.1. The van der Waals surface area contributed by atoms with E-state index in [-0.39, 0.29) is 11.3 Å². The molecule has 3 aromatic heterocycles. The van der Waals surface area contributed by atoms with E-state index in [0.29, 0.717) is 6.42 Å². The quantitative estimate of drug-likeness (QED) is 0.602. The molecule has 0 saturated carbocycles. The summed E-state index contributed by atoms with van der Waals surface area (Å²) in [7, 11) is 0. The third-order valence-electron chi connectivity index (χ3n) is 5.10. The van der Waals surface area contributed by atoms with Crippen LogP contribution >= 0.6 is 22.7 Å². The van der Waals surface area contributed by atoms with E-state index in [1.54, 1.807) is 35.1 Å². The molecule has 0 aromatic carbocycles. The lowest BCUT2D eigenvalue weighted by Gasteiger charge is -2.34. The molecule has 0 unspecified atom stereocenters. The number of pyridine rings is 1. The minimum Gasteiger partial charge on any atom is -0.340 e. The zero-order valence-corrected chi connectivity index (χ0v) is 19.3. The number of nitrogens with zero attached hydrogens (tertiary/aromatic N) is 5. The van der Waals surface area contributed by atoms with E-state index in [1.807, 2.05) is 22.4 Å². The first-order chi connectivity index (χ1) is 14.4. The molecule has 1 aliphatic rings. The zero-order chi connectivity index (χ0) is 21.1. The number of thiazole rings is 2. The predicted octanol–water partition coefficient (Wildman–Crippen LogP) is 3.85. The molecule has 1 aliphatic heterocycles. The number of hydrogen-bond acceptors (Lipinski definition) is 7. The van der Waals surface area contributed by atoms with Crippen LogP contribution in [0.2, 0.25) is 0 Å². The second-order valence-electron chi connectivity index (χ2n) is 8.61. The van der Waals surface area contributed by atoms with E-state index < -0.39 is 0 Å². The Morgan fingerprint density at radius 3 is 2.50 bits per heavy atom. The maximum atomic E-state index is 12.7. The van der Waals surface area contributed by atoms with Crippen molar-refractivity contribution in [1.29, 1.82) is 0 Å². The highest BCUT2D eigenvalue weighted by atomic mass is 32.1. The van der Waals surface area contributed by atoms with Crippen LogP contribution in [-0.4, -0.2) is 56.8 Å². The third kappa shape index (κ3) is 5.11. The van der Waals surface area contributed by atoms with E-state index in [2.05, 4.69) is 41.0 Å². The van der Waals surface area contributed by atoms with Gasteiger partial charge in [0.2, 0.25) is 5.91 Å². The van der Waals surface area contributed by atoms with Crippen molar-refractivity contribution in [2.45, 2.75) is 39.2 Å². The fraction of sp³-hybridized carbons (Fsp3) is 0.455. The van der Waals surface area contributed by atoms with Gasteiger partial charge in [-0.05, 0) is 12.1 Å². The van der Waals surface area contributed by atoms with Crippen LogP contribution < -0.4 is 0 Å². The normalized spacial score (nSPS) is 15.5. The zero-order valence-electron chi connectivity index (χ0n) is 17.7.